The summed E-state index contributed by atoms with van der Waals surface area (Å²) in [5.41, 5.74) is 7.11. The second-order valence-electron chi connectivity index (χ2n) is 3.71. The van der Waals surface area contributed by atoms with Gasteiger partial charge in [0.15, 0.2) is 5.76 Å². The molecule has 0 aliphatic rings. The van der Waals surface area contributed by atoms with Gasteiger partial charge in [0.1, 0.15) is 5.76 Å². The molecule has 2 rings (SSSR count). The van der Waals surface area contributed by atoms with E-state index in [1.165, 1.54) is 0 Å². The molecule has 0 aliphatic carbocycles. The molecule has 16 heavy (non-hydrogen) atoms. The van der Waals surface area contributed by atoms with Gasteiger partial charge >= 0.3 is 0 Å². The number of hydrogen-bond donors (Lipinski definition) is 1. The van der Waals surface area contributed by atoms with E-state index in [0.717, 1.165) is 11.4 Å². The van der Waals surface area contributed by atoms with Gasteiger partial charge in [0.05, 0.1) is 12.2 Å². The first-order valence-corrected chi connectivity index (χ1v) is 4.96. The number of aryl methyl sites for hydroxylation is 2. The number of amides is 1. The van der Waals surface area contributed by atoms with Gasteiger partial charge in [-0.25, -0.2) is 0 Å². The molecule has 0 bridgehead atoms. The van der Waals surface area contributed by atoms with Crippen molar-refractivity contribution in [3.63, 3.8) is 0 Å². The molecule has 0 radical (unpaired) electrons. The monoisotopic (exact) mass is 219 g/mol. The van der Waals surface area contributed by atoms with Crippen molar-refractivity contribution >= 4 is 5.91 Å². The summed E-state index contributed by atoms with van der Waals surface area (Å²) < 4.78 is 7.10. The highest BCUT2D eigenvalue weighted by Crippen LogP contribution is 2.10. The summed E-state index contributed by atoms with van der Waals surface area (Å²) in [4.78, 5) is 10.8. The van der Waals surface area contributed by atoms with Crippen molar-refractivity contribution in [3.05, 3.63) is 41.1 Å². The lowest BCUT2D eigenvalue weighted by atomic mass is 10.4. The number of carbonyl (C=O) groups excluding carboxylic acids is 1. The van der Waals surface area contributed by atoms with E-state index >= 15 is 0 Å². The van der Waals surface area contributed by atoms with Gasteiger partial charge in [-0.1, -0.05) is 0 Å². The molecular formula is C11H13N3O2. The number of nitrogens with two attached hydrogens (primary N) is 1. The second kappa shape index (κ2) is 3.84. The number of furan rings is 1. The Hall–Kier alpha value is -2.04. The summed E-state index contributed by atoms with van der Waals surface area (Å²) in [6.07, 6.45) is 0. The van der Waals surface area contributed by atoms with Gasteiger partial charge < -0.3 is 10.2 Å². The van der Waals surface area contributed by atoms with Crippen LogP contribution in [0.1, 0.15) is 27.7 Å². The normalized spacial score (nSPS) is 10.6. The summed E-state index contributed by atoms with van der Waals surface area (Å²) >= 11 is 0. The van der Waals surface area contributed by atoms with Gasteiger partial charge in [0.2, 0.25) is 0 Å². The van der Waals surface area contributed by atoms with Crippen molar-refractivity contribution in [3.8, 4) is 0 Å². The first kappa shape index (κ1) is 10.5. The van der Waals surface area contributed by atoms with Crippen molar-refractivity contribution in [2.24, 2.45) is 5.73 Å². The van der Waals surface area contributed by atoms with Crippen LogP contribution >= 0.6 is 0 Å². The van der Waals surface area contributed by atoms with Gasteiger partial charge in [-0.15, -0.1) is 0 Å². The molecule has 2 N–H and O–H groups in total. The Morgan fingerprint density at radius 3 is 2.75 bits per heavy atom. The van der Waals surface area contributed by atoms with Crippen LogP contribution in [-0.2, 0) is 6.54 Å². The number of rotatable bonds is 3. The minimum Gasteiger partial charge on any atom is -0.454 e. The quantitative estimate of drug-likeness (QED) is 0.843. The molecule has 84 valence electrons. The zero-order valence-electron chi connectivity index (χ0n) is 9.23. The highest BCUT2D eigenvalue weighted by Gasteiger charge is 2.09. The van der Waals surface area contributed by atoms with Crippen molar-refractivity contribution in [1.82, 2.24) is 9.78 Å². The second-order valence-corrected chi connectivity index (χ2v) is 3.71. The molecule has 0 aromatic carbocycles. The molecule has 2 aromatic rings. The van der Waals surface area contributed by atoms with E-state index in [-0.39, 0.29) is 5.76 Å². The van der Waals surface area contributed by atoms with E-state index < -0.39 is 5.91 Å². The minimum atomic E-state index is -0.556. The molecule has 0 saturated carbocycles. The lowest BCUT2D eigenvalue weighted by Crippen LogP contribution is -2.09. The molecule has 0 fully saturated rings. The van der Waals surface area contributed by atoms with Crippen LogP contribution in [0.5, 0.6) is 0 Å². The Morgan fingerprint density at radius 2 is 2.25 bits per heavy atom. The average molecular weight is 219 g/mol. The zero-order chi connectivity index (χ0) is 11.7. The van der Waals surface area contributed by atoms with E-state index in [0.29, 0.717) is 12.3 Å². The molecule has 2 heterocycles. The fraction of sp³-hybridized carbons (Fsp3) is 0.273. The molecule has 0 atom stereocenters. The van der Waals surface area contributed by atoms with Gasteiger partial charge in [-0.2, -0.15) is 5.10 Å². The van der Waals surface area contributed by atoms with Gasteiger partial charge in [-0.3, -0.25) is 9.48 Å². The number of carbonyl (C=O) groups is 1. The molecular weight excluding hydrogens is 206 g/mol. The third-order valence-electron chi connectivity index (χ3n) is 2.31. The smallest absolute Gasteiger partial charge is 0.284 e. The van der Waals surface area contributed by atoms with Crippen LogP contribution in [0.2, 0.25) is 0 Å². The van der Waals surface area contributed by atoms with E-state index in [2.05, 4.69) is 5.10 Å². The minimum absolute atomic E-state index is 0.177. The maximum Gasteiger partial charge on any atom is 0.284 e. The summed E-state index contributed by atoms with van der Waals surface area (Å²) in [5.74, 6) is 0.288. The number of primary amides is 1. The van der Waals surface area contributed by atoms with Gasteiger partial charge in [0.25, 0.3) is 5.91 Å². The first-order chi connectivity index (χ1) is 7.56. The van der Waals surface area contributed by atoms with Gasteiger partial charge in [0, 0.05) is 5.69 Å². The van der Waals surface area contributed by atoms with Crippen molar-refractivity contribution in [1.29, 1.82) is 0 Å². The van der Waals surface area contributed by atoms with E-state index in [4.69, 9.17) is 10.2 Å². The lowest BCUT2D eigenvalue weighted by molar-refractivity contribution is 0.0972. The lowest BCUT2D eigenvalue weighted by Gasteiger charge is -2.00. The van der Waals surface area contributed by atoms with E-state index in [1.807, 2.05) is 24.6 Å². The first-order valence-electron chi connectivity index (χ1n) is 4.96. The number of hydrogen-bond acceptors (Lipinski definition) is 3. The molecule has 5 heteroatoms. The number of aromatic nitrogens is 2. The maximum absolute atomic E-state index is 10.8. The molecule has 2 aromatic heterocycles. The summed E-state index contributed by atoms with van der Waals surface area (Å²) in [6.45, 7) is 4.41. The third kappa shape index (κ3) is 1.98. The molecule has 0 aliphatic heterocycles. The summed E-state index contributed by atoms with van der Waals surface area (Å²) in [6, 6.07) is 5.29. The number of nitrogens with zero attached hydrogens (tertiary/aromatic N) is 2. The Balaban J connectivity index is 2.20. The maximum atomic E-state index is 10.8. The van der Waals surface area contributed by atoms with E-state index in [1.54, 1.807) is 12.1 Å². The topological polar surface area (TPSA) is 74.0 Å². The van der Waals surface area contributed by atoms with Crippen LogP contribution in [0.25, 0.3) is 0 Å². The molecule has 0 unspecified atom stereocenters. The Bertz CT molecular complexity index is 525. The fourth-order valence-corrected chi connectivity index (χ4v) is 1.58. The Kier molecular flexibility index (Phi) is 2.52. The average Bonchev–Trinajstić information content (AvgIpc) is 2.75. The zero-order valence-corrected chi connectivity index (χ0v) is 9.23. The largest absolute Gasteiger partial charge is 0.454 e. The van der Waals surface area contributed by atoms with Crippen LogP contribution in [-0.4, -0.2) is 15.7 Å². The highest BCUT2D eigenvalue weighted by atomic mass is 16.4. The van der Waals surface area contributed by atoms with Crippen LogP contribution in [0.15, 0.2) is 22.6 Å². The molecule has 5 nitrogen and oxygen atoms in total. The van der Waals surface area contributed by atoms with Gasteiger partial charge in [-0.05, 0) is 32.0 Å². The van der Waals surface area contributed by atoms with Crippen LogP contribution in [0.3, 0.4) is 0 Å². The predicted molar refractivity (Wildman–Crippen MR) is 58.0 cm³/mol. The summed E-state index contributed by atoms with van der Waals surface area (Å²) in [7, 11) is 0. The molecule has 0 saturated heterocycles. The van der Waals surface area contributed by atoms with Crippen molar-refractivity contribution < 1.29 is 9.21 Å². The molecule has 1 amide bonds. The summed E-state index contributed by atoms with van der Waals surface area (Å²) in [5, 5.41) is 4.30. The fourth-order valence-electron chi connectivity index (χ4n) is 1.58. The van der Waals surface area contributed by atoms with Crippen LogP contribution < -0.4 is 5.73 Å². The van der Waals surface area contributed by atoms with Crippen LogP contribution in [0, 0.1) is 13.8 Å². The third-order valence-corrected chi connectivity index (χ3v) is 2.31. The SMILES string of the molecule is Cc1cc(C)n(Cc2ccc(C(N)=O)o2)n1. The molecule has 0 spiro atoms. The predicted octanol–water partition coefficient (Wildman–Crippen LogP) is 1.24. The van der Waals surface area contributed by atoms with Crippen molar-refractivity contribution in [2.45, 2.75) is 20.4 Å². The highest BCUT2D eigenvalue weighted by molar-refractivity contribution is 5.89. The Morgan fingerprint density at radius 1 is 1.50 bits per heavy atom. The van der Waals surface area contributed by atoms with E-state index in [9.17, 15) is 4.79 Å². The van der Waals surface area contributed by atoms with Crippen LogP contribution in [0.4, 0.5) is 0 Å². The Labute approximate surface area is 92.9 Å². The van der Waals surface area contributed by atoms with Crippen molar-refractivity contribution in [2.75, 3.05) is 0 Å². The standard InChI is InChI=1S/C11H13N3O2/c1-7-5-8(2)14(13-7)6-9-3-4-10(16-9)11(12)15/h3-5H,6H2,1-2H3,(H2,12,15).